The monoisotopic (exact) mass is 517 g/mol. The van der Waals surface area contributed by atoms with Gasteiger partial charge in [0.1, 0.15) is 0 Å². The van der Waals surface area contributed by atoms with E-state index in [0.29, 0.717) is 26.8 Å². The fraction of sp³-hybridized carbons (Fsp3) is 0.125. The predicted molar refractivity (Wildman–Crippen MR) is 138 cm³/mol. The van der Waals surface area contributed by atoms with Crippen molar-refractivity contribution >= 4 is 69.1 Å². The summed E-state index contributed by atoms with van der Waals surface area (Å²) in [4.78, 5) is 30.7. The van der Waals surface area contributed by atoms with Crippen molar-refractivity contribution in [2.45, 2.75) is 19.0 Å². The minimum absolute atomic E-state index is 0.00902. The zero-order valence-corrected chi connectivity index (χ0v) is 20.7. The largest absolute Gasteiger partial charge is 0.323 e. The molecule has 0 aliphatic rings. The van der Waals surface area contributed by atoms with Crippen LogP contribution in [0.15, 0.2) is 64.5 Å². The van der Waals surface area contributed by atoms with Gasteiger partial charge in [0.15, 0.2) is 5.16 Å². The van der Waals surface area contributed by atoms with Gasteiger partial charge in [-0.25, -0.2) is 4.98 Å². The number of benzene rings is 3. The first kappa shape index (κ1) is 23.6. The molecule has 0 aliphatic carbocycles. The maximum atomic E-state index is 13.4. The lowest BCUT2D eigenvalue weighted by Crippen LogP contribution is -2.23. The van der Waals surface area contributed by atoms with Crippen molar-refractivity contribution in [2.24, 2.45) is 0 Å². The molecule has 1 aromatic heterocycles. The van der Waals surface area contributed by atoms with Gasteiger partial charge in [-0.2, -0.15) is 0 Å². The topological polar surface area (TPSA) is 64.0 Å². The van der Waals surface area contributed by atoms with Crippen LogP contribution in [0.2, 0.25) is 15.1 Å². The number of aromatic nitrogens is 2. The Hall–Kier alpha value is -2.51. The first-order valence-corrected chi connectivity index (χ1v) is 12.0. The molecule has 4 aromatic rings. The number of hydrogen-bond acceptors (Lipinski definition) is 4. The second-order valence-corrected chi connectivity index (χ2v) is 9.60. The first-order chi connectivity index (χ1) is 15.7. The lowest BCUT2D eigenvalue weighted by Gasteiger charge is -2.15. The number of aryl methyl sites for hydroxylation is 2. The number of nitrogens with zero attached hydrogens (tertiary/aromatic N) is 2. The van der Waals surface area contributed by atoms with Crippen molar-refractivity contribution in [1.29, 1.82) is 0 Å². The number of para-hydroxylation sites is 1. The Labute approximate surface area is 209 Å². The number of rotatable bonds is 5. The maximum Gasteiger partial charge on any atom is 0.266 e. The van der Waals surface area contributed by atoms with Gasteiger partial charge in [0.05, 0.1) is 38.1 Å². The maximum absolute atomic E-state index is 13.4. The molecule has 0 saturated heterocycles. The van der Waals surface area contributed by atoms with Crippen molar-refractivity contribution in [2.75, 3.05) is 11.1 Å². The van der Waals surface area contributed by atoms with Crippen LogP contribution in [0.5, 0.6) is 0 Å². The zero-order chi connectivity index (χ0) is 23.7. The normalized spacial score (nSPS) is 11.1. The molecular formula is C24H18Cl3N3O2S. The second kappa shape index (κ2) is 9.77. The van der Waals surface area contributed by atoms with E-state index in [2.05, 4.69) is 10.3 Å². The van der Waals surface area contributed by atoms with Crippen LogP contribution in [-0.4, -0.2) is 21.2 Å². The lowest BCUT2D eigenvalue weighted by molar-refractivity contribution is -0.113. The smallest absolute Gasteiger partial charge is 0.266 e. The Morgan fingerprint density at radius 1 is 1.00 bits per heavy atom. The lowest BCUT2D eigenvalue weighted by atomic mass is 10.1. The van der Waals surface area contributed by atoms with Crippen molar-refractivity contribution in [1.82, 2.24) is 9.55 Å². The van der Waals surface area contributed by atoms with E-state index in [9.17, 15) is 9.59 Å². The van der Waals surface area contributed by atoms with Gasteiger partial charge in [-0.1, -0.05) is 64.8 Å². The third kappa shape index (κ3) is 5.04. The molecular weight excluding hydrogens is 501 g/mol. The van der Waals surface area contributed by atoms with Crippen molar-refractivity contribution in [3.8, 4) is 5.69 Å². The molecule has 0 bridgehead atoms. The fourth-order valence-electron chi connectivity index (χ4n) is 3.27. The average molecular weight is 519 g/mol. The Bertz CT molecular complexity index is 1430. The number of halogens is 3. The number of hydrogen-bond donors (Lipinski definition) is 1. The number of fused-ring (bicyclic) bond motifs is 1. The highest BCUT2D eigenvalue weighted by Gasteiger charge is 2.17. The van der Waals surface area contributed by atoms with E-state index in [1.54, 1.807) is 18.2 Å². The Morgan fingerprint density at radius 3 is 2.39 bits per heavy atom. The van der Waals surface area contributed by atoms with Crippen LogP contribution in [-0.2, 0) is 4.79 Å². The molecule has 9 heteroatoms. The number of amides is 1. The van der Waals surface area contributed by atoms with E-state index in [0.717, 1.165) is 22.9 Å². The number of anilines is 1. The summed E-state index contributed by atoms with van der Waals surface area (Å²) in [5.41, 5.74) is 3.50. The molecule has 1 N–H and O–H groups in total. The molecule has 5 nitrogen and oxygen atoms in total. The highest BCUT2D eigenvalue weighted by atomic mass is 35.5. The van der Waals surface area contributed by atoms with Crippen LogP contribution in [0.3, 0.4) is 0 Å². The molecule has 1 amide bonds. The van der Waals surface area contributed by atoms with Gasteiger partial charge in [0.25, 0.3) is 5.56 Å². The molecule has 1 heterocycles. The molecule has 0 radical (unpaired) electrons. The van der Waals surface area contributed by atoms with Crippen molar-refractivity contribution in [3.63, 3.8) is 0 Å². The van der Waals surface area contributed by atoms with Crippen LogP contribution >= 0.6 is 46.6 Å². The van der Waals surface area contributed by atoms with E-state index in [4.69, 9.17) is 34.8 Å². The summed E-state index contributed by atoms with van der Waals surface area (Å²) < 4.78 is 1.54. The van der Waals surface area contributed by atoms with Gasteiger partial charge >= 0.3 is 0 Å². The molecule has 0 spiro atoms. The molecule has 0 atom stereocenters. The standard InChI is InChI=1S/C24H18Cl3N3O2S/c1-13-7-8-16(9-14(13)2)30-23(32)17-5-3-4-6-20(17)28-24(30)33-12-21(31)29-22-18(26)10-15(25)11-19(22)27/h3-11H,12H2,1-2H3,(H,29,31). The minimum Gasteiger partial charge on any atom is -0.323 e. The minimum atomic E-state index is -0.347. The summed E-state index contributed by atoms with van der Waals surface area (Å²) in [5, 5.41) is 4.46. The van der Waals surface area contributed by atoms with Crippen LogP contribution in [0.25, 0.3) is 16.6 Å². The van der Waals surface area contributed by atoms with E-state index in [1.165, 1.54) is 16.7 Å². The molecule has 168 valence electrons. The van der Waals surface area contributed by atoms with Gasteiger partial charge in [-0.15, -0.1) is 0 Å². The van der Waals surface area contributed by atoms with Crippen LogP contribution in [0.1, 0.15) is 11.1 Å². The van der Waals surface area contributed by atoms with Gasteiger partial charge in [0.2, 0.25) is 5.91 Å². The quantitative estimate of drug-likeness (QED) is 0.236. The van der Waals surface area contributed by atoms with E-state index in [1.807, 2.05) is 38.1 Å². The number of carbonyl (C=O) groups excluding carboxylic acids is 1. The highest BCUT2D eigenvalue weighted by Crippen LogP contribution is 2.34. The third-order valence-electron chi connectivity index (χ3n) is 5.10. The number of thioether (sulfide) groups is 1. The summed E-state index contributed by atoms with van der Waals surface area (Å²) in [6, 6.07) is 15.9. The van der Waals surface area contributed by atoms with Crippen LogP contribution < -0.4 is 10.9 Å². The van der Waals surface area contributed by atoms with E-state index >= 15 is 0 Å². The third-order valence-corrected chi connectivity index (χ3v) is 6.85. The summed E-state index contributed by atoms with van der Waals surface area (Å²) in [6.45, 7) is 3.99. The average Bonchev–Trinajstić information content (AvgIpc) is 2.77. The van der Waals surface area contributed by atoms with E-state index in [-0.39, 0.29) is 33.0 Å². The van der Waals surface area contributed by atoms with Gasteiger partial charge in [-0.3, -0.25) is 14.2 Å². The Kier molecular flexibility index (Phi) is 7.00. The molecule has 3 aromatic carbocycles. The van der Waals surface area contributed by atoms with E-state index < -0.39 is 0 Å². The predicted octanol–water partition coefficient (Wildman–Crippen LogP) is 6.69. The second-order valence-electron chi connectivity index (χ2n) is 7.40. The molecule has 4 rings (SSSR count). The van der Waals surface area contributed by atoms with Crippen LogP contribution in [0, 0.1) is 13.8 Å². The number of nitrogens with one attached hydrogen (secondary N) is 1. The Balaban J connectivity index is 1.69. The summed E-state index contributed by atoms with van der Waals surface area (Å²) >= 11 is 19.4. The molecule has 0 unspecified atom stereocenters. The van der Waals surface area contributed by atoms with Crippen molar-refractivity contribution in [3.05, 3.63) is 91.1 Å². The molecule has 0 aliphatic heterocycles. The molecule has 0 fully saturated rings. The van der Waals surface area contributed by atoms with Gasteiger partial charge in [0, 0.05) is 5.02 Å². The molecule has 33 heavy (non-hydrogen) atoms. The fourth-order valence-corrected chi connectivity index (χ4v) is 4.99. The van der Waals surface area contributed by atoms with Gasteiger partial charge in [-0.05, 0) is 61.4 Å². The number of carbonyl (C=O) groups is 1. The summed E-state index contributed by atoms with van der Waals surface area (Å²) in [7, 11) is 0. The van der Waals surface area contributed by atoms with Crippen molar-refractivity contribution < 1.29 is 4.79 Å². The zero-order valence-electron chi connectivity index (χ0n) is 17.7. The Morgan fingerprint density at radius 2 is 1.70 bits per heavy atom. The summed E-state index contributed by atoms with van der Waals surface area (Å²) in [6.07, 6.45) is 0. The SMILES string of the molecule is Cc1ccc(-n2c(SCC(=O)Nc3c(Cl)cc(Cl)cc3Cl)nc3ccccc3c2=O)cc1C. The molecule has 0 saturated carbocycles. The van der Waals surface area contributed by atoms with Gasteiger partial charge < -0.3 is 5.32 Å². The van der Waals surface area contributed by atoms with Crippen LogP contribution in [0.4, 0.5) is 5.69 Å². The highest BCUT2D eigenvalue weighted by molar-refractivity contribution is 7.99. The summed E-state index contributed by atoms with van der Waals surface area (Å²) in [5.74, 6) is -0.356. The first-order valence-electron chi connectivity index (χ1n) is 9.91.